The second-order valence-electron chi connectivity index (χ2n) is 3.36. The average Bonchev–Trinajstić information content (AvgIpc) is 2.28. The van der Waals surface area contributed by atoms with Crippen LogP contribution in [0.5, 0.6) is 5.75 Å². The van der Waals surface area contributed by atoms with Crippen LogP contribution in [-0.2, 0) is 0 Å². The minimum Gasteiger partial charge on any atom is -0.497 e. The molecule has 0 aliphatic rings. The van der Waals surface area contributed by atoms with E-state index < -0.39 is 0 Å². The van der Waals surface area contributed by atoms with Gasteiger partial charge in [-0.05, 0) is 24.0 Å². The second-order valence-corrected chi connectivity index (χ2v) is 4.75. The standard InChI is InChI=1S/C12H18FNOS/c1-3-16-6-4-5-14-11-7-10(13)8-12(9-11)15-2/h7-9,14H,3-6H2,1-2H3. The van der Waals surface area contributed by atoms with E-state index >= 15 is 0 Å². The fourth-order valence-corrected chi connectivity index (χ4v) is 1.97. The second kappa shape index (κ2) is 7.39. The number of rotatable bonds is 7. The van der Waals surface area contributed by atoms with E-state index in [2.05, 4.69) is 12.2 Å². The van der Waals surface area contributed by atoms with Crippen molar-refractivity contribution in [1.29, 1.82) is 0 Å². The number of thioether (sulfide) groups is 1. The Labute approximate surface area is 101 Å². The summed E-state index contributed by atoms with van der Waals surface area (Å²) in [6.07, 6.45) is 1.08. The van der Waals surface area contributed by atoms with Gasteiger partial charge < -0.3 is 10.1 Å². The predicted molar refractivity (Wildman–Crippen MR) is 69.1 cm³/mol. The molecule has 1 aromatic carbocycles. The molecule has 0 fully saturated rings. The number of halogens is 1. The van der Waals surface area contributed by atoms with Gasteiger partial charge in [-0.1, -0.05) is 6.92 Å². The van der Waals surface area contributed by atoms with E-state index in [0.29, 0.717) is 5.75 Å². The van der Waals surface area contributed by atoms with Crippen LogP contribution in [0, 0.1) is 5.82 Å². The molecule has 16 heavy (non-hydrogen) atoms. The summed E-state index contributed by atoms with van der Waals surface area (Å²) in [6.45, 7) is 3.01. The van der Waals surface area contributed by atoms with E-state index in [1.54, 1.807) is 6.07 Å². The van der Waals surface area contributed by atoms with E-state index in [9.17, 15) is 4.39 Å². The first-order valence-corrected chi connectivity index (χ1v) is 6.58. The van der Waals surface area contributed by atoms with Gasteiger partial charge in [0.2, 0.25) is 0 Å². The predicted octanol–water partition coefficient (Wildman–Crippen LogP) is 3.39. The van der Waals surface area contributed by atoms with Gasteiger partial charge >= 0.3 is 0 Å². The summed E-state index contributed by atoms with van der Waals surface area (Å²) in [5, 5.41) is 3.19. The lowest BCUT2D eigenvalue weighted by Gasteiger charge is -2.08. The van der Waals surface area contributed by atoms with Crippen LogP contribution in [0.4, 0.5) is 10.1 Å². The summed E-state index contributed by atoms with van der Waals surface area (Å²) in [5.41, 5.74) is 0.776. The molecule has 0 radical (unpaired) electrons. The summed E-state index contributed by atoms with van der Waals surface area (Å²) >= 11 is 1.92. The highest BCUT2D eigenvalue weighted by atomic mass is 32.2. The van der Waals surface area contributed by atoms with Crippen molar-refractivity contribution in [2.24, 2.45) is 0 Å². The maximum absolute atomic E-state index is 13.1. The highest BCUT2D eigenvalue weighted by molar-refractivity contribution is 7.99. The van der Waals surface area contributed by atoms with Gasteiger partial charge in [-0.15, -0.1) is 0 Å². The average molecular weight is 243 g/mol. The van der Waals surface area contributed by atoms with Gasteiger partial charge in [-0.2, -0.15) is 11.8 Å². The van der Waals surface area contributed by atoms with E-state index in [4.69, 9.17) is 4.74 Å². The Morgan fingerprint density at radius 3 is 2.88 bits per heavy atom. The fourth-order valence-electron chi connectivity index (χ4n) is 1.33. The van der Waals surface area contributed by atoms with Crippen LogP contribution in [0.3, 0.4) is 0 Å². The SMILES string of the molecule is CCSCCCNc1cc(F)cc(OC)c1. The van der Waals surface area contributed by atoms with E-state index in [0.717, 1.165) is 30.2 Å². The van der Waals surface area contributed by atoms with Gasteiger partial charge in [-0.25, -0.2) is 4.39 Å². The third-order valence-corrected chi connectivity index (χ3v) is 3.09. The topological polar surface area (TPSA) is 21.3 Å². The first kappa shape index (κ1) is 13.2. The van der Waals surface area contributed by atoms with Crippen molar-refractivity contribution < 1.29 is 9.13 Å². The zero-order valence-electron chi connectivity index (χ0n) is 9.75. The summed E-state index contributed by atoms with van der Waals surface area (Å²) in [4.78, 5) is 0. The molecule has 0 heterocycles. The number of anilines is 1. The molecule has 0 amide bonds. The quantitative estimate of drug-likeness (QED) is 0.742. The molecule has 2 nitrogen and oxygen atoms in total. The first-order chi connectivity index (χ1) is 7.76. The molecule has 0 bridgehead atoms. The molecule has 0 aliphatic carbocycles. The number of hydrogen-bond donors (Lipinski definition) is 1. The van der Waals surface area contributed by atoms with Crippen LogP contribution in [0.1, 0.15) is 13.3 Å². The van der Waals surface area contributed by atoms with Crippen molar-refractivity contribution in [3.05, 3.63) is 24.0 Å². The number of methoxy groups -OCH3 is 1. The van der Waals surface area contributed by atoms with Crippen LogP contribution < -0.4 is 10.1 Å². The van der Waals surface area contributed by atoms with Gasteiger partial charge in [0.15, 0.2) is 0 Å². The summed E-state index contributed by atoms with van der Waals surface area (Å²) in [5.74, 6) is 2.55. The molecule has 1 aromatic rings. The Hall–Kier alpha value is -0.900. The third-order valence-electron chi connectivity index (χ3n) is 2.11. The van der Waals surface area contributed by atoms with Crippen molar-refractivity contribution in [1.82, 2.24) is 0 Å². The van der Waals surface area contributed by atoms with Crippen LogP contribution in [-0.4, -0.2) is 25.2 Å². The van der Waals surface area contributed by atoms with Crippen LogP contribution in [0.25, 0.3) is 0 Å². The number of ether oxygens (including phenoxy) is 1. The van der Waals surface area contributed by atoms with Gasteiger partial charge in [-0.3, -0.25) is 0 Å². The van der Waals surface area contributed by atoms with Gasteiger partial charge in [0, 0.05) is 24.4 Å². The summed E-state index contributed by atoms with van der Waals surface area (Å²) < 4.78 is 18.1. The van der Waals surface area contributed by atoms with Crippen molar-refractivity contribution in [2.75, 3.05) is 30.5 Å². The molecule has 0 spiro atoms. The summed E-state index contributed by atoms with van der Waals surface area (Å²) in [7, 11) is 1.54. The Bertz CT molecular complexity index is 320. The number of hydrogen-bond acceptors (Lipinski definition) is 3. The molecule has 1 N–H and O–H groups in total. The summed E-state index contributed by atoms with van der Waals surface area (Å²) in [6, 6.07) is 4.66. The Kier molecular flexibility index (Phi) is 6.08. The Balaban J connectivity index is 2.38. The third kappa shape index (κ3) is 4.75. The lowest BCUT2D eigenvalue weighted by molar-refractivity contribution is 0.411. The lowest BCUT2D eigenvalue weighted by atomic mass is 10.3. The molecule has 0 saturated carbocycles. The molecule has 1 rings (SSSR count). The number of benzene rings is 1. The van der Waals surface area contributed by atoms with E-state index in [-0.39, 0.29) is 5.82 Å². The zero-order valence-corrected chi connectivity index (χ0v) is 10.6. The molecular formula is C12H18FNOS. The fraction of sp³-hybridized carbons (Fsp3) is 0.500. The largest absolute Gasteiger partial charge is 0.497 e. The van der Waals surface area contributed by atoms with Gasteiger partial charge in [0.25, 0.3) is 0 Å². The molecule has 90 valence electrons. The smallest absolute Gasteiger partial charge is 0.128 e. The molecule has 0 atom stereocenters. The normalized spacial score (nSPS) is 10.2. The molecule has 0 unspecified atom stereocenters. The Morgan fingerprint density at radius 2 is 2.19 bits per heavy atom. The van der Waals surface area contributed by atoms with E-state index in [1.807, 2.05) is 11.8 Å². The monoisotopic (exact) mass is 243 g/mol. The van der Waals surface area contributed by atoms with Crippen molar-refractivity contribution >= 4 is 17.4 Å². The van der Waals surface area contributed by atoms with Crippen LogP contribution >= 0.6 is 11.8 Å². The van der Waals surface area contributed by atoms with Gasteiger partial charge in [0.1, 0.15) is 11.6 Å². The maximum atomic E-state index is 13.1. The van der Waals surface area contributed by atoms with Crippen molar-refractivity contribution in [3.8, 4) is 5.75 Å². The highest BCUT2D eigenvalue weighted by Crippen LogP contribution is 2.19. The van der Waals surface area contributed by atoms with Crippen LogP contribution in [0.15, 0.2) is 18.2 Å². The lowest BCUT2D eigenvalue weighted by Crippen LogP contribution is -2.03. The minimum absolute atomic E-state index is 0.273. The van der Waals surface area contributed by atoms with Crippen LogP contribution in [0.2, 0.25) is 0 Å². The van der Waals surface area contributed by atoms with E-state index in [1.165, 1.54) is 19.2 Å². The van der Waals surface area contributed by atoms with Crippen molar-refractivity contribution in [3.63, 3.8) is 0 Å². The molecule has 0 aliphatic heterocycles. The molecular weight excluding hydrogens is 225 g/mol. The molecule has 0 aromatic heterocycles. The highest BCUT2D eigenvalue weighted by Gasteiger charge is 2.00. The maximum Gasteiger partial charge on any atom is 0.128 e. The van der Waals surface area contributed by atoms with Gasteiger partial charge in [0.05, 0.1) is 7.11 Å². The zero-order chi connectivity index (χ0) is 11.8. The first-order valence-electron chi connectivity index (χ1n) is 5.42. The minimum atomic E-state index is -0.273. The number of nitrogens with one attached hydrogen (secondary N) is 1. The van der Waals surface area contributed by atoms with Crippen molar-refractivity contribution in [2.45, 2.75) is 13.3 Å². The Morgan fingerprint density at radius 1 is 1.38 bits per heavy atom. The molecule has 4 heteroatoms. The molecule has 0 saturated heterocycles.